The molecule has 0 aliphatic carbocycles. The van der Waals surface area contributed by atoms with Crippen LogP contribution in [-0.4, -0.2) is 51.5 Å². The molecule has 0 saturated carbocycles. The average Bonchev–Trinajstić information content (AvgIpc) is 3.06. The molecule has 0 amide bonds. The minimum Gasteiger partial charge on any atom is -0.363 e. The molecule has 1 aliphatic rings. The normalized spacial score (nSPS) is 16.9. The smallest absolute Gasteiger partial charge is 0.242 e. The second kappa shape index (κ2) is 7.21. The highest BCUT2D eigenvalue weighted by Crippen LogP contribution is 2.11. The summed E-state index contributed by atoms with van der Waals surface area (Å²) in [5.74, 6) is 0. The van der Waals surface area contributed by atoms with Crippen LogP contribution in [0.2, 0.25) is 0 Å². The van der Waals surface area contributed by atoms with Crippen LogP contribution in [0.1, 0.15) is 25.0 Å². The summed E-state index contributed by atoms with van der Waals surface area (Å²) >= 11 is 0. The summed E-state index contributed by atoms with van der Waals surface area (Å²) in [5, 5.41) is 2.98. The number of hydrogen-bond donors (Lipinski definition) is 3. The van der Waals surface area contributed by atoms with Crippen molar-refractivity contribution in [3.05, 3.63) is 18.0 Å². The van der Waals surface area contributed by atoms with E-state index in [1.54, 1.807) is 6.07 Å². The maximum atomic E-state index is 12.1. The van der Waals surface area contributed by atoms with Crippen LogP contribution in [0.4, 0.5) is 0 Å². The summed E-state index contributed by atoms with van der Waals surface area (Å²) in [7, 11) is -1.56. The van der Waals surface area contributed by atoms with Gasteiger partial charge >= 0.3 is 0 Å². The van der Waals surface area contributed by atoms with E-state index in [4.69, 9.17) is 0 Å². The van der Waals surface area contributed by atoms with E-state index in [1.807, 2.05) is 7.05 Å². The molecule has 0 aromatic carbocycles. The Morgan fingerprint density at radius 2 is 2.10 bits per heavy atom. The van der Waals surface area contributed by atoms with E-state index < -0.39 is 10.0 Å². The number of likely N-dealkylation sites (tertiary alicyclic amines) is 1. The Morgan fingerprint density at radius 3 is 2.80 bits per heavy atom. The van der Waals surface area contributed by atoms with Gasteiger partial charge in [0.1, 0.15) is 0 Å². The molecule has 0 spiro atoms. The first-order valence-electron chi connectivity index (χ1n) is 7.16. The molecule has 0 unspecified atom stereocenters. The van der Waals surface area contributed by atoms with Crippen LogP contribution in [0, 0.1) is 0 Å². The number of hydrogen-bond acceptors (Lipinski definition) is 4. The third kappa shape index (κ3) is 4.31. The number of nitrogens with one attached hydrogen (secondary N) is 3. The Bertz CT molecular complexity index is 506. The predicted octanol–water partition coefficient (Wildman–Crippen LogP) is 0.498. The number of aromatic nitrogens is 1. The predicted molar refractivity (Wildman–Crippen MR) is 79.0 cm³/mol. The van der Waals surface area contributed by atoms with Gasteiger partial charge in [0.15, 0.2) is 0 Å². The Kier molecular flexibility index (Phi) is 5.59. The van der Waals surface area contributed by atoms with Gasteiger partial charge in [-0.25, -0.2) is 13.1 Å². The Labute approximate surface area is 121 Å². The molecule has 0 bridgehead atoms. The first kappa shape index (κ1) is 15.5. The number of rotatable bonds is 8. The molecule has 20 heavy (non-hydrogen) atoms. The van der Waals surface area contributed by atoms with Crippen molar-refractivity contribution in [3.63, 3.8) is 0 Å². The van der Waals surface area contributed by atoms with E-state index in [1.165, 1.54) is 19.0 Å². The van der Waals surface area contributed by atoms with Crippen LogP contribution in [-0.2, 0) is 16.6 Å². The monoisotopic (exact) mass is 300 g/mol. The van der Waals surface area contributed by atoms with E-state index >= 15 is 0 Å². The van der Waals surface area contributed by atoms with Crippen molar-refractivity contribution < 1.29 is 8.42 Å². The highest BCUT2D eigenvalue weighted by molar-refractivity contribution is 7.89. The van der Waals surface area contributed by atoms with Crippen molar-refractivity contribution in [1.82, 2.24) is 19.9 Å². The van der Waals surface area contributed by atoms with Gasteiger partial charge in [-0.05, 0) is 52.0 Å². The fourth-order valence-electron chi connectivity index (χ4n) is 2.47. The molecule has 1 fully saturated rings. The first-order valence-corrected chi connectivity index (χ1v) is 8.64. The van der Waals surface area contributed by atoms with Crippen molar-refractivity contribution in [1.29, 1.82) is 0 Å². The van der Waals surface area contributed by atoms with Crippen molar-refractivity contribution >= 4 is 10.0 Å². The molecule has 1 aromatic rings. The topological polar surface area (TPSA) is 77.2 Å². The lowest BCUT2D eigenvalue weighted by molar-refractivity contribution is 0.334. The molecular formula is C13H24N4O2S. The lowest BCUT2D eigenvalue weighted by Crippen LogP contribution is -2.28. The minimum absolute atomic E-state index is 0.309. The Hall–Kier alpha value is -0.890. The Balaban J connectivity index is 1.77. The molecule has 114 valence electrons. The molecule has 1 aromatic heterocycles. The molecule has 1 aliphatic heterocycles. The summed E-state index contributed by atoms with van der Waals surface area (Å²) in [6, 6.07) is 1.67. The van der Waals surface area contributed by atoms with Gasteiger partial charge in [0.05, 0.1) is 4.90 Å². The van der Waals surface area contributed by atoms with Gasteiger partial charge in [-0.1, -0.05) is 0 Å². The van der Waals surface area contributed by atoms with Gasteiger partial charge in [-0.15, -0.1) is 0 Å². The SMILES string of the molecule is CNCc1cc(S(=O)(=O)NCCCN2CCCC2)c[nH]1. The van der Waals surface area contributed by atoms with Crippen molar-refractivity contribution in [3.8, 4) is 0 Å². The lowest BCUT2D eigenvalue weighted by Gasteiger charge is -2.14. The third-order valence-electron chi connectivity index (χ3n) is 3.54. The van der Waals surface area contributed by atoms with E-state index in [0.717, 1.165) is 31.7 Å². The third-order valence-corrected chi connectivity index (χ3v) is 4.98. The summed E-state index contributed by atoms with van der Waals surface area (Å²) in [6.45, 7) is 4.40. The molecule has 6 nitrogen and oxygen atoms in total. The van der Waals surface area contributed by atoms with Gasteiger partial charge in [0, 0.05) is 25.0 Å². The van der Waals surface area contributed by atoms with Crippen LogP contribution in [0.15, 0.2) is 17.2 Å². The van der Waals surface area contributed by atoms with Crippen LogP contribution in [0.5, 0.6) is 0 Å². The van der Waals surface area contributed by atoms with Gasteiger partial charge < -0.3 is 15.2 Å². The second-order valence-corrected chi connectivity index (χ2v) is 6.96. The molecule has 2 rings (SSSR count). The van der Waals surface area contributed by atoms with Gasteiger partial charge in [0.25, 0.3) is 0 Å². The fourth-order valence-corrected chi connectivity index (χ4v) is 3.56. The van der Waals surface area contributed by atoms with Crippen LogP contribution >= 0.6 is 0 Å². The average molecular weight is 300 g/mol. The second-order valence-electron chi connectivity index (χ2n) is 5.19. The number of aromatic amines is 1. The quantitative estimate of drug-likeness (QED) is 0.611. The Morgan fingerprint density at radius 1 is 1.35 bits per heavy atom. The first-order chi connectivity index (χ1) is 9.62. The van der Waals surface area contributed by atoms with Crippen LogP contribution in [0.3, 0.4) is 0 Å². The largest absolute Gasteiger partial charge is 0.363 e. The highest BCUT2D eigenvalue weighted by atomic mass is 32.2. The standard InChI is InChI=1S/C13H24N4O2S/c1-14-10-12-9-13(11-15-12)20(18,19)16-5-4-8-17-6-2-3-7-17/h9,11,14-16H,2-8,10H2,1H3. The van der Waals surface area contributed by atoms with Crippen molar-refractivity contribution in [2.75, 3.05) is 33.2 Å². The van der Waals surface area contributed by atoms with E-state index in [2.05, 4.69) is 19.9 Å². The van der Waals surface area contributed by atoms with Gasteiger partial charge in [-0.2, -0.15) is 0 Å². The summed E-state index contributed by atoms with van der Waals surface area (Å²) < 4.78 is 26.8. The van der Waals surface area contributed by atoms with Gasteiger partial charge in [-0.3, -0.25) is 0 Å². The molecule has 7 heteroatoms. The minimum atomic E-state index is -3.38. The summed E-state index contributed by atoms with van der Waals surface area (Å²) in [4.78, 5) is 5.65. The lowest BCUT2D eigenvalue weighted by atomic mass is 10.4. The molecule has 1 saturated heterocycles. The zero-order valence-corrected chi connectivity index (χ0v) is 12.8. The van der Waals surface area contributed by atoms with Crippen LogP contribution < -0.4 is 10.0 Å². The van der Waals surface area contributed by atoms with E-state index in [0.29, 0.717) is 18.0 Å². The van der Waals surface area contributed by atoms with Crippen molar-refractivity contribution in [2.24, 2.45) is 0 Å². The van der Waals surface area contributed by atoms with E-state index in [-0.39, 0.29) is 0 Å². The van der Waals surface area contributed by atoms with Gasteiger partial charge in [0.2, 0.25) is 10.0 Å². The fraction of sp³-hybridized carbons (Fsp3) is 0.692. The summed E-state index contributed by atoms with van der Waals surface area (Å²) in [5.41, 5.74) is 0.866. The molecule has 0 atom stereocenters. The summed E-state index contributed by atoms with van der Waals surface area (Å²) in [6.07, 6.45) is 4.93. The highest BCUT2D eigenvalue weighted by Gasteiger charge is 2.16. The van der Waals surface area contributed by atoms with Crippen molar-refractivity contribution in [2.45, 2.75) is 30.7 Å². The molecule has 2 heterocycles. The van der Waals surface area contributed by atoms with E-state index in [9.17, 15) is 8.42 Å². The number of H-pyrrole nitrogens is 1. The van der Waals surface area contributed by atoms with Crippen LogP contribution in [0.25, 0.3) is 0 Å². The number of nitrogens with zero attached hydrogens (tertiary/aromatic N) is 1. The zero-order chi connectivity index (χ0) is 14.4. The maximum absolute atomic E-state index is 12.1. The molecular weight excluding hydrogens is 276 g/mol. The maximum Gasteiger partial charge on any atom is 0.242 e. The molecule has 0 radical (unpaired) electrons. The number of sulfonamides is 1. The molecule has 3 N–H and O–H groups in total. The zero-order valence-electron chi connectivity index (χ0n) is 12.0.